The van der Waals surface area contributed by atoms with E-state index in [2.05, 4.69) is 21.8 Å². The predicted molar refractivity (Wildman–Crippen MR) is 76.4 cm³/mol. The molecule has 0 aliphatic carbocycles. The molecular weight excluding hydrogens is 276 g/mol. The molecule has 0 saturated carbocycles. The van der Waals surface area contributed by atoms with Gasteiger partial charge in [0.25, 0.3) is 0 Å². The maximum absolute atomic E-state index is 10.5. The minimum Gasteiger partial charge on any atom is -0.481 e. The van der Waals surface area contributed by atoms with E-state index in [0.29, 0.717) is 23.3 Å². The van der Waals surface area contributed by atoms with Crippen molar-refractivity contribution in [2.24, 2.45) is 0 Å². The monoisotopic (exact) mass is 290 g/mol. The van der Waals surface area contributed by atoms with E-state index in [1.807, 2.05) is 16.7 Å². The van der Waals surface area contributed by atoms with E-state index in [1.54, 1.807) is 18.5 Å². The van der Waals surface area contributed by atoms with Gasteiger partial charge in [0.05, 0.1) is 6.42 Å². The molecule has 2 rings (SSSR count). The zero-order chi connectivity index (χ0) is 14.4. The lowest BCUT2D eigenvalue weighted by atomic mass is 10.3. The molecule has 0 fully saturated rings. The summed E-state index contributed by atoms with van der Waals surface area (Å²) in [5, 5.41) is 17.6. The normalized spacial score (nSPS) is 10.4. The lowest BCUT2D eigenvalue weighted by molar-refractivity contribution is -0.136. The van der Waals surface area contributed by atoms with Crippen molar-refractivity contribution in [3.8, 4) is 11.4 Å². The second-order valence-electron chi connectivity index (χ2n) is 3.94. The maximum Gasteiger partial charge on any atom is 0.304 e. The molecule has 104 valence electrons. The number of rotatable bonds is 7. The Bertz CT molecular complexity index is 598. The van der Waals surface area contributed by atoms with Crippen molar-refractivity contribution in [3.63, 3.8) is 0 Å². The summed E-state index contributed by atoms with van der Waals surface area (Å²) in [5.41, 5.74) is 0.868. The van der Waals surface area contributed by atoms with Gasteiger partial charge in [0, 0.05) is 30.3 Å². The lowest BCUT2D eigenvalue weighted by Crippen LogP contribution is -2.02. The summed E-state index contributed by atoms with van der Waals surface area (Å²) >= 11 is 1.37. The molecule has 0 atom stereocenters. The number of pyridine rings is 1. The largest absolute Gasteiger partial charge is 0.481 e. The topological polar surface area (TPSA) is 80.9 Å². The molecule has 0 aromatic carbocycles. The number of thioether (sulfide) groups is 1. The van der Waals surface area contributed by atoms with Crippen LogP contribution in [0.15, 0.2) is 42.3 Å². The van der Waals surface area contributed by atoms with E-state index in [-0.39, 0.29) is 6.42 Å². The van der Waals surface area contributed by atoms with Gasteiger partial charge in [0.15, 0.2) is 11.0 Å². The van der Waals surface area contributed by atoms with Crippen molar-refractivity contribution in [3.05, 3.63) is 37.2 Å². The maximum atomic E-state index is 10.5. The van der Waals surface area contributed by atoms with Crippen LogP contribution in [0.4, 0.5) is 0 Å². The van der Waals surface area contributed by atoms with Gasteiger partial charge in [-0.1, -0.05) is 17.8 Å². The highest BCUT2D eigenvalue weighted by Crippen LogP contribution is 2.23. The SMILES string of the molecule is C=CCn1c(SCCC(=O)O)nnc1-c1cccnc1. The Morgan fingerprint density at radius 1 is 1.50 bits per heavy atom. The molecule has 6 nitrogen and oxygen atoms in total. The van der Waals surface area contributed by atoms with Crippen molar-refractivity contribution >= 4 is 17.7 Å². The number of hydrogen-bond donors (Lipinski definition) is 1. The first-order valence-electron chi connectivity index (χ1n) is 6.01. The number of carbonyl (C=O) groups is 1. The highest BCUT2D eigenvalue weighted by Gasteiger charge is 2.13. The number of nitrogens with zero attached hydrogens (tertiary/aromatic N) is 4. The van der Waals surface area contributed by atoms with Gasteiger partial charge >= 0.3 is 5.97 Å². The van der Waals surface area contributed by atoms with Gasteiger partial charge in [-0.15, -0.1) is 16.8 Å². The van der Waals surface area contributed by atoms with Crippen molar-refractivity contribution in [2.75, 3.05) is 5.75 Å². The second kappa shape index (κ2) is 6.85. The Morgan fingerprint density at radius 2 is 2.35 bits per heavy atom. The van der Waals surface area contributed by atoms with E-state index in [4.69, 9.17) is 5.11 Å². The Balaban J connectivity index is 2.23. The fourth-order valence-corrected chi connectivity index (χ4v) is 2.50. The van der Waals surface area contributed by atoms with E-state index in [1.165, 1.54) is 11.8 Å². The number of hydrogen-bond acceptors (Lipinski definition) is 5. The molecule has 2 heterocycles. The minimum atomic E-state index is -0.820. The average Bonchev–Trinajstić information content (AvgIpc) is 2.83. The Labute approximate surface area is 120 Å². The Kier molecular flexibility index (Phi) is 4.89. The molecule has 0 spiro atoms. The van der Waals surface area contributed by atoms with Crippen LogP contribution >= 0.6 is 11.8 Å². The Hall–Kier alpha value is -2.15. The summed E-state index contributed by atoms with van der Waals surface area (Å²) in [5.74, 6) is 0.341. The van der Waals surface area contributed by atoms with Crippen LogP contribution in [0.25, 0.3) is 11.4 Å². The summed E-state index contributed by atoms with van der Waals surface area (Å²) in [6.07, 6.45) is 5.26. The number of aromatic nitrogens is 4. The van der Waals surface area contributed by atoms with Crippen molar-refractivity contribution < 1.29 is 9.90 Å². The van der Waals surface area contributed by atoms with Crippen LogP contribution in [0.3, 0.4) is 0 Å². The van der Waals surface area contributed by atoms with Gasteiger partial charge in [0.2, 0.25) is 0 Å². The molecule has 0 amide bonds. The lowest BCUT2D eigenvalue weighted by Gasteiger charge is -2.06. The molecule has 2 aromatic heterocycles. The third-order valence-corrected chi connectivity index (χ3v) is 3.46. The summed E-state index contributed by atoms with van der Waals surface area (Å²) in [6, 6.07) is 3.74. The molecule has 20 heavy (non-hydrogen) atoms. The summed E-state index contributed by atoms with van der Waals surface area (Å²) in [6.45, 7) is 4.29. The molecule has 0 aliphatic heterocycles. The van der Waals surface area contributed by atoms with Gasteiger partial charge in [-0.05, 0) is 12.1 Å². The van der Waals surface area contributed by atoms with E-state index < -0.39 is 5.97 Å². The van der Waals surface area contributed by atoms with E-state index in [0.717, 1.165) is 5.56 Å². The molecular formula is C13H14N4O2S. The van der Waals surface area contributed by atoms with Crippen LogP contribution in [0.1, 0.15) is 6.42 Å². The van der Waals surface area contributed by atoms with Crippen LogP contribution < -0.4 is 0 Å². The van der Waals surface area contributed by atoms with Crippen LogP contribution in [0.5, 0.6) is 0 Å². The van der Waals surface area contributed by atoms with Crippen LogP contribution in [-0.2, 0) is 11.3 Å². The van der Waals surface area contributed by atoms with Crippen molar-refractivity contribution in [1.82, 2.24) is 19.7 Å². The molecule has 0 saturated heterocycles. The molecule has 0 radical (unpaired) electrons. The molecule has 0 aliphatic rings. The van der Waals surface area contributed by atoms with Gasteiger partial charge < -0.3 is 5.11 Å². The fourth-order valence-electron chi connectivity index (χ4n) is 1.63. The van der Waals surface area contributed by atoms with Gasteiger partial charge in [-0.25, -0.2) is 0 Å². The molecule has 0 unspecified atom stereocenters. The third kappa shape index (κ3) is 3.45. The first-order valence-corrected chi connectivity index (χ1v) is 7.00. The Morgan fingerprint density at radius 3 is 3.00 bits per heavy atom. The highest BCUT2D eigenvalue weighted by atomic mass is 32.2. The number of carboxylic acid groups (broad SMARTS) is 1. The van der Waals surface area contributed by atoms with Crippen molar-refractivity contribution in [1.29, 1.82) is 0 Å². The van der Waals surface area contributed by atoms with Gasteiger partial charge in [-0.2, -0.15) is 0 Å². The smallest absolute Gasteiger partial charge is 0.304 e. The van der Waals surface area contributed by atoms with Gasteiger partial charge in [0.1, 0.15) is 0 Å². The number of aliphatic carboxylic acids is 1. The van der Waals surface area contributed by atoms with E-state index in [9.17, 15) is 4.79 Å². The van der Waals surface area contributed by atoms with Gasteiger partial charge in [-0.3, -0.25) is 14.3 Å². The fraction of sp³-hybridized carbons (Fsp3) is 0.231. The number of carboxylic acids is 1. The zero-order valence-electron chi connectivity index (χ0n) is 10.8. The van der Waals surface area contributed by atoms with Crippen LogP contribution in [-0.4, -0.2) is 36.6 Å². The van der Waals surface area contributed by atoms with Crippen LogP contribution in [0, 0.1) is 0 Å². The average molecular weight is 290 g/mol. The summed E-state index contributed by atoms with van der Waals surface area (Å²) in [7, 11) is 0. The highest BCUT2D eigenvalue weighted by molar-refractivity contribution is 7.99. The first kappa shape index (κ1) is 14.3. The molecule has 2 aromatic rings. The summed E-state index contributed by atoms with van der Waals surface area (Å²) < 4.78 is 1.90. The predicted octanol–water partition coefficient (Wildman–Crippen LogP) is 2.09. The molecule has 0 bridgehead atoms. The van der Waals surface area contributed by atoms with E-state index >= 15 is 0 Å². The quantitative estimate of drug-likeness (QED) is 0.621. The van der Waals surface area contributed by atoms with Crippen molar-refractivity contribution in [2.45, 2.75) is 18.1 Å². The zero-order valence-corrected chi connectivity index (χ0v) is 11.6. The second-order valence-corrected chi connectivity index (χ2v) is 5.00. The van der Waals surface area contributed by atoms with Crippen LogP contribution in [0.2, 0.25) is 0 Å². The third-order valence-electron chi connectivity index (χ3n) is 2.50. The molecule has 1 N–H and O–H groups in total. The molecule has 7 heteroatoms. The minimum absolute atomic E-state index is 0.0911. The standard InChI is InChI=1S/C13H14N4O2S/c1-2-7-17-12(10-4-3-6-14-9-10)15-16-13(17)20-8-5-11(18)19/h2-4,6,9H,1,5,7-8H2,(H,18,19). The first-order chi connectivity index (χ1) is 9.72. The summed E-state index contributed by atoms with van der Waals surface area (Å²) in [4.78, 5) is 14.6. The number of allylic oxidation sites excluding steroid dienone is 1.